The fraction of sp³-hybridized carbons (Fsp3) is 0.455. The Morgan fingerprint density at radius 3 is 2.93 bits per heavy atom. The number of carbonyl (C=O) groups excluding carboxylic acids is 1. The first-order valence-corrected chi connectivity index (χ1v) is 5.04. The molecule has 0 unspecified atom stereocenters. The molecule has 0 aliphatic carbocycles. The fourth-order valence-electron chi connectivity index (χ4n) is 1.14. The summed E-state index contributed by atoms with van der Waals surface area (Å²) in [4.78, 5) is 17.2. The monoisotopic (exact) mass is 207 g/mol. The van der Waals surface area contributed by atoms with E-state index in [1.807, 2.05) is 26.0 Å². The van der Waals surface area contributed by atoms with E-state index in [1.54, 1.807) is 18.1 Å². The van der Waals surface area contributed by atoms with Crippen LogP contribution in [-0.2, 0) is 4.79 Å². The number of pyridine rings is 1. The normalized spacial score (nSPS) is 9.80. The molecule has 0 aliphatic rings. The molecule has 1 aromatic rings. The summed E-state index contributed by atoms with van der Waals surface area (Å²) in [6, 6.07) is 3.77. The highest BCUT2D eigenvalue weighted by atomic mass is 16.2. The van der Waals surface area contributed by atoms with E-state index in [0.29, 0.717) is 6.54 Å². The number of nitrogens with zero attached hydrogens (tertiary/aromatic N) is 2. The molecule has 4 heteroatoms. The molecule has 0 fully saturated rings. The molecular weight excluding hydrogens is 190 g/mol. The zero-order valence-electron chi connectivity index (χ0n) is 9.45. The van der Waals surface area contributed by atoms with E-state index in [9.17, 15) is 4.79 Å². The van der Waals surface area contributed by atoms with E-state index in [0.717, 1.165) is 17.9 Å². The van der Waals surface area contributed by atoms with Gasteiger partial charge in [-0.3, -0.25) is 9.78 Å². The molecule has 0 aromatic carbocycles. The number of aryl methyl sites for hydroxylation is 1. The Hall–Kier alpha value is -1.58. The summed E-state index contributed by atoms with van der Waals surface area (Å²) in [5.74, 6) is 0.0898. The first kappa shape index (κ1) is 11.5. The zero-order valence-corrected chi connectivity index (χ0v) is 9.45. The lowest BCUT2D eigenvalue weighted by Gasteiger charge is -2.15. The molecule has 82 valence electrons. The van der Waals surface area contributed by atoms with Crippen molar-refractivity contribution in [1.29, 1.82) is 0 Å². The van der Waals surface area contributed by atoms with Gasteiger partial charge in [0, 0.05) is 31.2 Å². The molecule has 0 saturated carbocycles. The molecule has 1 N–H and O–H groups in total. The maximum Gasteiger partial charge on any atom is 0.241 e. The largest absolute Gasteiger partial charge is 0.376 e. The Kier molecular flexibility index (Phi) is 4.09. The van der Waals surface area contributed by atoms with Gasteiger partial charge in [0.05, 0.1) is 6.54 Å². The Bertz CT molecular complexity index is 338. The highest BCUT2D eigenvalue weighted by Gasteiger charge is 2.05. The molecule has 0 atom stereocenters. The van der Waals surface area contributed by atoms with Gasteiger partial charge in [-0.25, -0.2) is 0 Å². The van der Waals surface area contributed by atoms with Crippen molar-refractivity contribution in [2.45, 2.75) is 13.8 Å². The number of nitrogens with one attached hydrogen (secondary N) is 1. The molecule has 0 bridgehead atoms. The van der Waals surface area contributed by atoms with Crippen LogP contribution in [0.5, 0.6) is 0 Å². The fourth-order valence-corrected chi connectivity index (χ4v) is 1.14. The van der Waals surface area contributed by atoms with E-state index in [2.05, 4.69) is 10.3 Å². The topological polar surface area (TPSA) is 45.2 Å². The Labute approximate surface area is 90.3 Å². The van der Waals surface area contributed by atoms with E-state index >= 15 is 0 Å². The SMILES string of the molecule is CCN(C)C(=O)CNc1ccnc(C)c1. The Morgan fingerprint density at radius 2 is 2.33 bits per heavy atom. The van der Waals surface area contributed by atoms with Crippen LogP contribution in [0, 0.1) is 6.92 Å². The van der Waals surface area contributed by atoms with Gasteiger partial charge in [-0.15, -0.1) is 0 Å². The third-order valence-corrected chi connectivity index (χ3v) is 2.24. The highest BCUT2D eigenvalue weighted by Crippen LogP contribution is 2.06. The van der Waals surface area contributed by atoms with Gasteiger partial charge >= 0.3 is 0 Å². The van der Waals surface area contributed by atoms with Crippen molar-refractivity contribution in [3.63, 3.8) is 0 Å². The lowest BCUT2D eigenvalue weighted by atomic mass is 10.3. The van der Waals surface area contributed by atoms with Crippen LogP contribution in [0.2, 0.25) is 0 Å². The first-order chi connectivity index (χ1) is 7.13. The molecule has 0 aliphatic heterocycles. The molecule has 0 saturated heterocycles. The lowest BCUT2D eigenvalue weighted by molar-refractivity contribution is -0.127. The molecule has 1 heterocycles. The molecule has 1 aromatic heterocycles. The molecule has 0 spiro atoms. The van der Waals surface area contributed by atoms with Gasteiger partial charge in [0.1, 0.15) is 0 Å². The van der Waals surface area contributed by atoms with Crippen molar-refractivity contribution in [3.05, 3.63) is 24.0 Å². The molecule has 4 nitrogen and oxygen atoms in total. The van der Waals surface area contributed by atoms with E-state index in [1.165, 1.54) is 0 Å². The average Bonchev–Trinajstić information content (AvgIpc) is 2.25. The molecule has 1 amide bonds. The van der Waals surface area contributed by atoms with Crippen LogP contribution in [0.4, 0.5) is 5.69 Å². The van der Waals surface area contributed by atoms with Crippen LogP contribution < -0.4 is 5.32 Å². The van der Waals surface area contributed by atoms with Crippen molar-refractivity contribution in [2.75, 3.05) is 25.5 Å². The Balaban J connectivity index is 2.47. The van der Waals surface area contributed by atoms with Crippen molar-refractivity contribution in [2.24, 2.45) is 0 Å². The van der Waals surface area contributed by atoms with Gasteiger partial charge in [0.15, 0.2) is 0 Å². The van der Waals surface area contributed by atoms with Gasteiger partial charge < -0.3 is 10.2 Å². The second kappa shape index (κ2) is 5.34. The van der Waals surface area contributed by atoms with Crippen molar-refractivity contribution >= 4 is 11.6 Å². The summed E-state index contributed by atoms with van der Waals surface area (Å²) < 4.78 is 0. The van der Waals surface area contributed by atoms with E-state index < -0.39 is 0 Å². The van der Waals surface area contributed by atoms with Crippen molar-refractivity contribution < 1.29 is 4.79 Å². The van der Waals surface area contributed by atoms with Crippen LogP contribution >= 0.6 is 0 Å². The number of hydrogen-bond donors (Lipinski definition) is 1. The average molecular weight is 207 g/mol. The summed E-state index contributed by atoms with van der Waals surface area (Å²) in [7, 11) is 1.79. The minimum absolute atomic E-state index is 0.0898. The van der Waals surface area contributed by atoms with E-state index in [4.69, 9.17) is 0 Å². The smallest absolute Gasteiger partial charge is 0.241 e. The molecule has 1 rings (SSSR count). The van der Waals surface area contributed by atoms with Crippen LogP contribution in [0.3, 0.4) is 0 Å². The van der Waals surface area contributed by atoms with Gasteiger partial charge in [-0.05, 0) is 26.0 Å². The van der Waals surface area contributed by atoms with Crippen LogP contribution in [0.15, 0.2) is 18.3 Å². The number of likely N-dealkylation sites (N-methyl/N-ethyl adjacent to an activating group) is 1. The van der Waals surface area contributed by atoms with Crippen molar-refractivity contribution in [1.82, 2.24) is 9.88 Å². The quantitative estimate of drug-likeness (QED) is 0.809. The maximum atomic E-state index is 11.5. The van der Waals surface area contributed by atoms with Gasteiger partial charge in [0.2, 0.25) is 5.91 Å². The van der Waals surface area contributed by atoms with Crippen LogP contribution in [-0.4, -0.2) is 35.9 Å². The summed E-state index contributed by atoms with van der Waals surface area (Å²) in [6.45, 7) is 4.93. The first-order valence-electron chi connectivity index (χ1n) is 5.04. The number of rotatable bonds is 4. The van der Waals surface area contributed by atoms with Crippen molar-refractivity contribution in [3.8, 4) is 0 Å². The second-order valence-electron chi connectivity index (χ2n) is 3.45. The lowest BCUT2D eigenvalue weighted by Crippen LogP contribution is -2.31. The third-order valence-electron chi connectivity index (χ3n) is 2.24. The van der Waals surface area contributed by atoms with Crippen LogP contribution in [0.25, 0.3) is 0 Å². The van der Waals surface area contributed by atoms with Gasteiger partial charge in [0.25, 0.3) is 0 Å². The molecule has 0 radical (unpaired) electrons. The Morgan fingerprint density at radius 1 is 1.60 bits per heavy atom. The minimum Gasteiger partial charge on any atom is -0.376 e. The number of carbonyl (C=O) groups is 1. The third kappa shape index (κ3) is 3.58. The second-order valence-corrected chi connectivity index (χ2v) is 3.45. The molecule has 15 heavy (non-hydrogen) atoms. The van der Waals surface area contributed by atoms with Gasteiger partial charge in [-0.2, -0.15) is 0 Å². The molecular formula is C11H17N3O. The number of aromatic nitrogens is 1. The number of hydrogen-bond acceptors (Lipinski definition) is 3. The number of anilines is 1. The minimum atomic E-state index is 0.0898. The summed E-state index contributed by atoms with van der Waals surface area (Å²) in [6.07, 6.45) is 1.73. The summed E-state index contributed by atoms with van der Waals surface area (Å²) in [5.41, 5.74) is 1.87. The predicted molar refractivity (Wildman–Crippen MR) is 60.8 cm³/mol. The summed E-state index contributed by atoms with van der Waals surface area (Å²) in [5, 5.41) is 3.07. The predicted octanol–water partition coefficient (Wildman–Crippen LogP) is 1.28. The standard InChI is InChI=1S/C11H17N3O/c1-4-14(3)11(15)8-13-10-5-6-12-9(2)7-10/h5-7H,4,8H2,1-3H3,(H,12,13). The van der Waals surface area contributed by atoms with Crippen LogP contribution in [0.1, 0.15) is 12.6 Å². The zero-order chi connectivity index (χ0) is 11.3. The maximum absolute atomic E-state index is 11.5. The van der Waals surface area contributed by atoms with Gasteiger partial charge in [-0.1, -0.05) is 0 Å². The van der Waals surface area contributed by atoms with E-state index in [-0.39, 0.29) is 5.91 Å². The number of amides is 1. The summed E-state index contributed by atoms with van der Waals surface area (Å²) >= 11 is 0. The highest BCUT2D eigenvalue weighted by molar-refractivity contribution is 5.80.